The van der Waals surface area contributed by atoms with E-state index in [9.17, 15) is 38.7 Å². The largest absolute Gasteiger partial charge is 0.497 e. The van der Waals surface area contributed by atoms with Crippen molar-refractivity contribution in [3.05, 3.63) is 47.7 Å². The van der Waals surface area contributed by atoms with Gasteiger partial charge in [0.05, 0.1) is 19.6 Å². The van der Waals surface area contributed by atoms with Crippen LogP contribution in [-0.4, -0.2) is 110 Å². The van der Waals surface area contributed by atoms with E-state index in [0.29, 0.717) is 11.3 Å². The molecule has 2 heterocycles. The fourth-order valence-corrected chi connectivity index (χ4v) is 6.72. The monoisotopic (exact) mass is 762 g/mol. The number of carboxylic acids is 1. The number of carbonyl (C=O) groups excluding carboxylic acids is 6. The second kappa shape index (κ2) is 18.0. The molecule has 0 aromatic heterocycles. The number of benzene rings is 1. The normalized spacial score (nSPS) is 28.7. The van der Waals surface area contributed by atoms with E-state index < -0.39 is 108 Å². The van der Waals surface area contributed by atoms with E-state index >= 15 is 0 Å². The van der Waals surface area contributed by atoms with Gasteiger partial charge in [-0.2, -0.15) is 0 Å². The van der Waals surface area contributed by atoms with E-state index in [2.05, 4.69) is 0 Å². The van der Waals surface area contributed by atoms with Crippen LogP contribution < -0.4 is 4.74 Å². The van der Waals surface area contributed by atoms with Crippen LogP contribution in [0.25, 0.3) is 6.08 Å². The van der Waals surface area contributed by atoms with E-state index in [-0.39, 0.29) is 19.4 Å². The second-order valence-electron chi connectivity index (χ2n) is 12.6. The van der Waals surface area contributed by atoms with Gasteiger partial charge in [-0.15, -0.1) is 0 Å². The lowest BCUT2D eigenvalue weighted by molar-refractivity contribution is -0.349. The Morgan fingerprint density at radius 2 is 1.43 bits per heavy atom. The van der Waals surface area contributed by atoms with Gasteiger partial charge >= 0.3 is 41.8 Å². The zero-order chi connectivity index (χ0) is 39.7. The molecular formula is C36H42O18. The zero-order valence-corrected chi connectivity index (χ0v) is 30.4. The number of aliphatic carboxylic acids is 1. The molecule has 1 N–H and O–H groups in total. The van der Waals surface area contributed by atoms with Crippen molar-refractivity contribution < 1.29 is 86.0 Å². The van der Waals surface area contributed by atoms with E-state index in [1.165, 1.54) is 19.3 Å². The standard InChI is InChI=1S/C36H42O18/c1-18(37)46-17-27-30(49-19(2)38)31(50-20(3)39)32(51-21(4)40)35(52-27)53-34-29-24(13-14-36(29,54-22(5)41)26(16-48-34)33(43)44)15-47-28(42)12-9-23-7-10-25(45-6)11-8-23/h7-12,16,24,27,29-32,34-35H,13-15,17H2,1-6H3,(H,43,44). The summed E-state index contributed by atoms with van der Waals surface area (Å²) in [6, 6.07) is 6.87. The lowest BCUT2D eigenvalue weighted by Gasteiger charge is -2.47. The summed E-state index contributed by atoms with van der Waals surface area (Å²) in [5.74, 6) is -7.72. The molecule has 9 unspecified atom stereocenters. The molecular weight excluding hydrogens is 720 g/mol. The third-order valence-electron chi connectivity index (χ3n) is 8.74. The van der Waals surface area contributed by atoms with Gasteiger partial charge in [-0.3, -0.25) is 24.0 Å². The van der Waals surface area contributed by atoms with Crippen molar-refractivity contribution in [3.63, 3.8) is 0 Å². The fourth-order valence-electron chi connectivity index (χ4n) is 6.72. The molecule has 0 spiro atoms. The van der Waals surface area contributed by atoms with Gasteiger partial charge in [-0.1, -0.05) is 12.1 Å². The molecule has 294 valence electrons. The Morgan fingerprint density at radius 1 is 0.796 bits per heavy atom. The van der Waals surface area contributed by atoms with Crippen LogP contribution in [0, 0.1) is 11.8 Å². The van der Waals surface area contributed by atoms with Crippen LogP contribution in [-0.2, 0) is 76.2 Å². The Bertz CT molecular complexity index is 1650. The minimum atomic E-state index is -1.87. The van der Waals surface area contributed by atoms with Crippen molar-refractivity contribution in [1.29, 1.82) is 0 Å². The van der Waals surface area contributed by atoms with Gasteiger partial charge in [0, 0.05) is 46.6 Å². The highest BCUT2D eigenvalue weighted by molar-refractivity contribution is 5.90. The Labute approximate surface area is 309 Å². The summed E-state index contributed by atoms with van der Waals surface area (Å²) in [4.78, 5) is 86.5. The highest BCUT2D eigenvalue weighted by Gasteiger charge is 2.63. The molecule has 1 saturated heterocycles. The minimum Gasteiger partial charge on any atom is -0.497 e. The van der Waals surface area contributed by atoms with Gasteiger partial charge in [0.1, 0.15) is 30.3 Å². The van der Waals surface area contributed by atoms with Crippen LogP contribution in [0.5, 0.6) is 5.75 Å². The van der Waals surface area contributed by atoms with Crippen molar-refractivity contribution in [1.82, 2.24) is 0 Å². The highest BCUT2D eigenvalue weighted by Crippen LogP contribution is 2.53. The fraction of sp³-hybridized carbons (Fsp3) is 0.528. The number of esters is 6. The van der Waals surface area contributed by atoms with Crippen LogP contribution in [0.3, 0.4) is 0 Å². The quantitative estimate of drug-likeness (QED) is 0.162. The van der Waals surface area contributed by atoms with Crippen LogP contribution in [0.1, 0.15) is 53.0 Å². The smallest absolute Gasteiger partial charge is 0.338 e. The van der Waals surface area contributed by atoms with Gasteiger partial charge in [0.15, 0.2) is 23.9 Å². The van der Waals surface area contributed by atoms with Gasteiger partial charge in [0.25, 0.3) is 0 Å². The number of rotatable bonds is 14. The first-order valence-corrected chi connectivity index (χ1v) is 16.8. The van der Waals surface area contributed by atoms with Gasteiger partial charge in [-0.25, -0.2) is 9.59 Å². The topological polar surface area (TPSA) is 232 Å². The lowest BCUT2D eigenvalue weighted by atomic mass is 9.78. The van der Waals surface area contributed by atoms with Crippen molar-refractivity contribution in [2.75, 3.05) is 20.3 Å². The van der Waals surface area contributed by atoms with Crippen LogP contribution in [0.2, 0.25) is 0 Å². The highest BCUT2D eigenvalue weighted by atomic mass is 16.8. The summed E-state index contributed by atoms with van der Waals surface area (Å²) in [6.07, 6.45) is -5.72. The van der Waals surface area contributed by atoms with Crippen LogP contribution in [0.4, 0.5) is 0 Å². The van der Waals surface area contributed by atoms with E-state index in [4.69, 9.17) is 47.4 Å². The number of ether oxygens (including phenoxy) is 10. The average Bonchev–Trinajstić information content (AvgIpc) is 3.46. The third kappa shape index (κ3) is 10.1. The van der Waals surface area contributed by atoms with Crippen molar-refractivity contribution in [2.24, 2.45) is 11.8 Å². The lowest BCUT2D eigenvalue weighted by Crippen LogP contribution is -2.64. The van der Waals surface area contributed by atoms with Gasteiger partial charge in [0.2, 0.25) is 12.6 Å². The number of fused-ring (bicyclic) bond motifs is 1. The number of methoxy groups -OCH3 is 1. The Balaban J connectivity index is 1.70. The predicted octanol–water partition coefficient (Wildman–Crippen LogP) is 2.00. The summed E-state index contributed by atoms with van der Waals surface area (Å²) in [5.41, 5.74) is -1.61. The summed E-state index contributed by atoms with van der Waals surface area (Å²) >= 11 is 0. The van der Waals surface area contributed by atoms with Gasteiger partial charge in [-0.05, 0) is 36.6 Å². The van der Waals surface area contributed by atoms with Crippen molar-refractivity contribution in [2.45, 2.75) is 90.1 Å². The first-order valence-electron chi connectivity index (χ1n) is 16.8. The second-order valence-corrected chi connectivity index (χ2v) is 12.6. The number of hydrogen-bond acceptors (Lipinski definition) is 17. The molecule has 2 aliphatic heterocycles. The summed E-state index contributed by atoms with van der Waals surface area (Å²) < 4.78 is 56.1. The van der Waals surface area contributed by atoms with E-state index in [1.807, 2.05) is 0 Å². The maximum absolute atomic E-state index is 12.8. The summed E-state index contributed by atoms with van der Waals surface area (Å²) in [7, 11) is 1.52. The summed E-state index contributed by atoms with van der Waals surface area (Å²) in [5, 5.41) is 10.2. The Morgan fingerprint density at radius 3 is 2.00 bits per heavy atom. The molecule has 18 heteroatoms. The molecule has 9 atom stereocenters. The molecule has 18 nitrogen and oxygen atoms in total. The maximum atomic E-state index is 12.8. The molecule has 1 aliphatic carbocycles. The number of carboxylic acid groups (broad SMARTS) is 1. The maximum Gasteiger partial charge on any atom is 0.338 e. The zero-order valence-electron chi connectivity index (χ0n) is 30.4. The molecule has 1 saturated carbocycles. The molecule has 0 bridgehead atoms. The predicted molar refractivity (Wildman–Crippen MR) is 177 cm³/mol. The molecule has 1 aromatic rings. The number of hydrogen-bond donors (Lipinski definition) is 1. The Hall–Kier alpha value is -5.49. The first kappa shape index (κ1) is 41.3. The molecule has 1 aromatic carbocycles. The van der Waals surface area contributed by atoms with Crippen molar-refractivity contribution >= 4 is 47.9 Å². The Kier molecular flexibility index (Phi) is 13.8. The molecule has 54 heavy (non-hydrogen) atoms. The van der Waals surface area contributed by atoms with Gasteiger partial charge < -0.3 is 52.5 Å². The summed E-state index contributed by atoms with van der Waals surface area (Å²) in [6.45, 7) is 4.51. The first-order chi connectivity index (χ1) is 25.5. The molecule has 4 rings (SSSR count). The van der Waals surface area contributed by atoms with E-state index in [0.717, 1.165) is 40.9 Å². The number of carbonyl (C=O) groups is 7. The molecule has 0 radical (unpaired) electrons. The minimum absolute atomic E-state index is 0.0545. The van der Waals surface area contributed by atoms with Crippen molar-refractivity contribution in [3.8, 4) is 5.75 Å². The average molecular weight is 763 g/mol. The molecule has 3 aliphatic rings. The van der Waals surface area contributed by atoms with Crippen LogP contribution >= 0.6 is 0 Å². The molecule has 2 fully saturated rings. The third-order valence-corrected chi connectivity index (χ3v) is 8.74. The van der Waals surface area contributed by atoms with Crippen LogP contribution in [0.15, 0.2) is 42.2 Å². The molecule has 0 amide bonds. The SMILES string of the molecule is COc1ccc(C=CC(=O)OCC2CCC3(OC(C)=O)C(C(=O)O)=COC(OC4OC(COC(C)=O)C(OC(C)=O)C(OC(C)=O)C4OC(C)=O)C23)cc1. The van der Waals surface area contributed by atoms with E-state index in [1.54, 1.807) is 24.3 Å².